The number of carbonyl (C=O) groups excluding carboxylic acids is 1. The van der Waals surface area contributed by atoms with E-state index in [0.29, 0.717) is 31.7 Å². The van der Waals surface area contributed by atoms with E-state index in [1.807, 2.05) is 51.1 Å². The fourth-order valence-electron chi connectivity index (χ4n) is 4.15. The van der Waals surface area contributed by atoms with Crippen molar-refractivity contribution in [3.8, 4) is 16.9 Å². The van der Waals surface area contributed by atoms with Gasteiger partial charge in [-0.2, -0.15) is 4.73 Å². The average Bonchev–Trinajstić information content (AvgIpc) is 3.18. The first-order valence-electron chi connectivity index (χ1n) is 11.7. The van der Waals surface area contributed by atoms with Crippen molar-refractivity contribution in [1.29, 1.82) is 0 Å². The number of nitrogens with zero attached hydrogens (tertiary/aromatic N) is 4. The van der Waals surface area contributed by atoms with E-state index in [0.717, 1.165) is 46.8 Å². The molecule has 33 heavy (non-hydrogen) atoms. The van der Waals surface area contributed by atoms with Gasteiger partial charge in [0.2, 0.25) is 0 Å². The molecular formula is C25H34N4O4. The van der Waals surface area contributed by atoms with Crippen LogP contribution in [-0.4, -0.2) is 70.8 Å². The average molecular weight is 455 g/mol. The molecule has 8 nitrogen and oxygen atoms in total. The second-order valence-corrected chi connectivity index (χ2v) is 9.62. The molecule has 1 aromatic carbocycles. The van der Waals surface area contributed by atoms with E-state index in [9.17, 15) is 10.0 Å². The van der Waals surface area contributed by atoms with E-state index < -0.39 is 5.60 Å². The summed E-state index contributed by atoms with van der Waals surface area (Å²) in [5.41, 5.74) is 2.67. The second-order valence-electron chi connectivity index (χ2n) is 9.62. The van der Waals surface area contributed by atoms with Gasteiger partial charge in [-0.25, -0.2) is 4.79 Å². The first kappa shape index (κ1) is 23.2. The number of fused-ring (bicyclic) bond motifs is 1. The third kappa shape index (κ3) is 6.07. The molecule has 0 unspecified atom stereocenters. The lowest BCUT2D eigenvalue weighted by molar-refractivity contribution is 0.0225. The third-order valence-corrected chi connectivity index (χ3v) is 5.82. The van der Waals surface area contributed by atoms with Crippen LogP contribution < -0.4 is 10.2 Å². The maximum Gasteiger partial charge on any atom is 0.410 e. The third-order valence-electron chi connectivity index (χ3n) is 5.82. The molecule has 1 N–H and O–H groups in total. The number of hydrogen-bond acceptors (Lipinski definition) is 6. The van der Waals surface area contributed by atoms with Gasteiger partial charge in [-0.15, -0.1) is 0 Å². The van der Waals surface area contributed by atoms with Crippen LogP contribution in [0.2, 0.25) is 0 Å². The number of hydrogen-bond donors (Lipinski definition) is 1. The molecule has 1 amide bonds. The van der Waals surface area contributed by atoms with Crippen LogP contribution in [0.5, 0.6) is 5.75 Å². The molecule has 0 aliphatic carbocycles. The van der Waals surface area contributed by atoms with E-state index in [1.54, 1.807) is 11.1 Å². The van der Waals surface area contributed by atoms with Crippen LogP contribution >= 0.6 is 0 Å². The van der Waals surface area contributed by atoms with Gasteiger partial charge in [0.25, 0.3) is 0 Å². The van der Waals surface area contributed by atoms with Gasteiger partial charge < -0.3 is 24.5 Å². The highest BCUT2D eigenvalue weighted by Crippen LogP contribution is 2.29. The molecule has 2 aromatic rings. The Morgan fingerprint density at radius 2 is 1.88 bits per heavy atom. The summed E-state index contributed by atoms with van der Waals surface area (Å²) in [7, 11) is 0. The smallest absolute Gasteiger partial charge is 0.410 e. The molecule has 8 heteroatoms. The summed E-state index contributed by atoms with van der Waals surface area (Å²) in [6.07, 6.45) is 3.84. The lowest BCUT2D eigenvalue weighted by Crippen LogP contribution is -2.37. The Bertz CT molecular complexity index is 1050. The number of rotatable bonds is 4. The van der Waals surface area contributed by atoms with Crippen molar-refractivity contribution in [3.63, 3.8) is 0 Å². The molecule has 1 aromatic heterocycles. The van der Waals surface area contributed by atoms with Gasteiger partial charge in [0, 0.05) is 17.7 Å². The monoisotopic (exact) mass is 454 g/mol. The van der Waals surface area contributed by atoms with Gasteiger partial charge in [-0.1, -0.05) is 6.07 Å². The van der Waals surface area contributed by atoms with Gasteiger partial charge in [0.15, 0.2) is 5.49 Å². The fraction of sp³-hybridized carbons (Fsp3) is 0.520. The number of ether oxygens (including phenoxy) is 2. The Balaban J connectivity index is 1.50. The van der Waals surface area contributed by atoms with Crippen molar-refractivity contribution < 1.29 is 19.5 Å². The molecule has 0 atom stereocenters. The molecular weight excluding hydrogens is 420 g/mol. The topological polar surface area (TPSA) is 79.5 Å². The number of carbonyl (C=O) groups is 1. The summed E-state index contributed by atoms with van der Waals surface area (Å²) in [4.78, 5) is 21.2. The molecule has 2 aliphatic rings. The molecule has 0 bridgehead atoms. The second kappa shape index (κ2) is 9.87. The zero-order valence-corrected chi connectivity index (χ0v) is 19.8. The number of aromatic nitrogens is 1. The van der Waals surface area contributed by atoms with E-state index in [-0.39, 0.29) is 6.09 Å². The Hall–Kier alpha value is -3.00. The van der Waals surface area contributed by atoms with Gasteiger partial charge in [-0.3, -0.25) is 4.99 Å². The lowest BCUT2D eigenvalue weighted by atomic mass is 10.0. The Morgan fingerprint density at radius 3 is 2.61 bits per heavy atom. The number of pyridine rings is 1. The minimum absolute atomic E-state index is 0.350. The summed E-state index contributed by atoms with van der Waals surface area (Å²) >= 11 is 0. The number of likely N-dealkylation sites (tertiary alicyclic amines) is 1. The molecule has 178 valence electrons. The lowest BCUT2D eigenvalue weighted by Gasteiger charge is -2.26. The largest absolute Gasteiger partial charge is 0.491 e. The predicted octanol–water partition coefficient (Wildman–Crippen LogP) is 3.52. The highest BCUT2D eigenvalue weighted by atomic mass is 16.6. The molecule has 0 radical (unpaired) electrons. The van der Waals surface area contributed by atoms with E-state index in [1.165, 1.54) is 12.8 Å². The summed E-state index contributed by atoms with van der Waals surface area (Å²) < 4.78 is 12.5. The van der Waals surface area contributed by atoms with Crippen molar-refractivity contribution >= 4 is 6.09 Å². The van der Waals surface area contributed by atoms with E-state index in [2.05, 4.69) is 9.89 Å². The highest BCUT2D eigenvalue weighted by Gasteiger charge is 2.25. The molecule has 4 rings (SSSR count). The first-order valence-corrected chi connectivity index (χ1v) is 11.7. The zero-order valence-electron chi connectivity index (χ0n) is 19.8. The van der Waals surface area contributed by atoms with Gasteiger partial charge >= 0.3 is 6.09 Å². The predicted molar refractivity (Wildman–Crippen MR) is 125 cm³/mol. The van der Waals surface area contributed by atoms with Crippen molar-refractivity contribution in [3.05, 3.63) is 47.6 Å². The van der Waals surface area contributed by atoms with Gasteiger partial charge in [0.05, 0.1) is 25.8 Å². The first-order chi connectivity index (χ1) is 15.8. The maximum absolute atomic E-state index is 12.6. The van der Waals surface area contributed by atoms with Crippen LogP contribution in [0.3, 0.4) is 0 Å². The molecule has 3 heterocycles. The van der Waals surface area contributed by atoms with E-state index >= 15 is 0 Å². The molecule has 1 saturated heterocycles. The van der Waals surface area contributed by atoms with Crippen LogP contribution in [0.15, 0.2) is 41.5 Å². The standard InChI is InChI=1S/C25H34N4O4/c1-25(2,3)33-24(30)28-14-15-32-22-8-6-19(16-21(22)17-28)20-7-9-23(29(31)18-20)26-10-13-27-11-4-5-12-27/h6-9,16,18,31H,4-5,10-15,17H2,1-3H3. The molecule has 0 spiro atoms. The quantitative estimate of drug-likeness (QED) is 0.715. The minimum atomic E-state index is -0.551. The Morgan fingerprint density at radius 1 is 1.12 bits per heavy atom. The van der Waals surface area contributed by atoms with Gasteiger partial charge in [-0.05, 0) is 76.5 Å². The van der Waals surface area contributed by atoms with E-state index in [4.69, 9.17) is 9.47 Å². The summed E-state index contributed by atoms with van der Waals surface area (Å²) in [5, 5.41) is 10.5. The molecule has 0 saturated carbocycles. The normalized spacial score (nSPS) is 17.4. The van der Waals surface area contributed by atoms with Crippen molar-refractivity contribution in [1.82, 2.24) is 14.5 Å². The van der Waals surface area contributed by atoms with Crippen molar-refractivity contribution in [2.45, 2.75) is 45.8 Å². The van der Waals surface area contributed by atoms with Gasteiger partial charge in [0.1, 0.15) is 18.0 Å². The fourth-order valence-corrected chi connectivity index (χ4v) is 4.15. The maximum atomic E-state index is 12.6. The highest BCUT2D eigenvalue weighted by molar-refractivity contribution is 5.69. The van der Waals surface area contributed by atoms with Crippen LogP contribution in [0.1, 0.15) is 39.2 Å². The summed E-state index contributed by atoms with van der Waals surface area (Å²) in [6.45, 7) is 10.7. The molecule has 2 aliphatic heterocycles. The summed E-state index contributed by atoms with van der Waals surface area (Å²) in [6, 6.07) is 9.65. The number of amides is 1. The zero-order chi connectivity index (χ0) is 23.4. The van der Waals surface area contributed by atoms with Crippen molar-refractivity contribution in [2.24, 2.45) is 4.99 Å². The SMILES string of the molecule is CC(C)(C)OC(=O)N1CCOc2ccc(-c3ccc(=NCCN4CCCC4)n(O)c3)cc2C1. The summed E-state index contributed by atoms with van der Waals surface area (Å²) in [5.74, 6) is 0.759. The Kier molecular flexibility index (Phi) is 6.93. The minimum Gasteiger partial charge on any atom is -0.491 e. The van der Waals surface area contributed by atoms with Crippen LogP contribution in [0, 0.1) is 0 Å². The number of benzene rings is 1. The van der Waals surface area contributed by atoms with Crippen LogP contribution in [-0.2, 0) is 11.3 Å². The van der Waals surface area contributed by atoms with Crippen molar-refractivity contribution in [2.75, 3.05) is 39.3 Å². The van der Waals surface area contributed by atoms with Crippen LogP contribution in [0.25, 0.3) is 11.1 Å². The van der Waals surface area contributed by atoms with Crippen LogP contribution in [0.4, 0.5) is 4.79 Å². The molecule has 1 fully saturated rings. The Labute approximate surface area is 195 Å².